The topological polar surface area (TPSA) is 52.6 Å². The summed E-state index contributed by atoms with van der Waals surface area (Å²) in [5, 5.41) is 12.9. The fourth-order valence-corrected chi connectivity index (χ4v) is 3.93. The first kappa shape index (κ1) is 18.3. The van der Waals surface area contributed by atoms with E-state index in [1.54, 1.807) is 12.1 Å². The van der Waals surface area contributed by atoms with Crippen LogP contribution in [0.5, 0.6) is 5.75 Å². The molecule has 1 fully saturated rings. The molecule has 0 heterocycles. The van der Waals surface area contributed by atoms with Gasteiger partial charge in [-0.1, -0.05) is 55.7 Å². The van der Waals surface area contributed by atoms with Crippen molar-refractivity contribution in [1.82, 2.24) is 5.32 Å². The molecule has 3 rings (SSSR count). The van der Waals surface area contributed by atoms with Gasteiger partial charge in [0.05, 0.1) is 5.41 Å². The minimum Gasteiger partial charge on any atom is -0.508 e. The second kappa shape index (κ2) is 8.26. The summed E-state index contributed by atoms with van der Waals surface area (Å²) in [6.45, 7) is 1.23. The quantitative estimate of drug-likeness (QED) is 0.823. The Kier molecular flexibility index (Phi) is 5.82. The number of anilines is 1. The lowest BCUT2D eigenvalue weighted by atomic mass is 9.72. The predicted octanol–water partition coefficient (Wildman–Crippen LogP) is 4.10. The van der Waals surface area contributed by atoms with Crippen LogP contribution in [-0.2, 0) is 11.3 Å². The van der Waals surface area contributed by atoms with Gasteiger partial charge in [0.1, 0.15) is 5.75 Å². The zero-order valence-corrected chi connectivity index (χ0v) is 15.4. The first-order chi connectivity index (χ1) is 12.6. The van der Waals surface area contributed by atoms with Gasteiger partial charge in [0.25, 0.3) is 0 Å². The maximum absolute atomic E-state index is 13.1. The molecule has 1 amide bonds. The number of carbonyl (C=O) groups excluding carboxylic acids is 1. The largest absolute Gasteiger partial charge is 0.508 e. The molecule has 1 aliphatic rings. The molecule has 1 saturated carbocycles. The lowest BCUT2D eigenvalue weighted by molar-refractivity contribution is -0.132. The van der Waals surface area contributed by atoms with Crippen LogP contribution in [0.15, 0.2) is 54.6 Å². The molecular formula is C22H28N2O2. The summed E-state index contributed by atoms with van der Waals surface area (Å²) in [7, 11) is 2.00. The fraction of sp³-hybridized carbons (Fsp3) is 0.409. The molecule has 0 saturated heterocycles. The normalized spacial score (nSPS) is 16.0. The molecule has 4 nitrogen and oxygen atoms in total. The van der Waals surface area contributed by atoms with Crippen LogP contribution in [0.4, 0.5) is 5.69 Å². The molecule has 2 aromatic carbocycles. The summed E-state index contributed by atoms with van der Waals surface area (Å²) in [5.41, 5.74) is 1.69. The number of phenolic OH excluding ortho intramolecular Hbond substituents is 1. The van der Waals surface area contributed by atoms with Gasteiger partial charge in [0.15, 0.2) is 0 Å². The maximum Gasteiger partial charge on any atom is 0.228 e. The molecule has 0 radical (unpaired) electrons. The fourth-order valence-electron chi connectivity index (χ4n) is 3.93. The van der Waals surface area contributed by atoms with E-state index in [-0.39, 0.29) is 17.1 Å². The summed E-state index contributed by atoms with van der Waals surface area (Å²) in [5.74, 6) is 0.397. The van der Waals surface area contributed by atoms with E-state index in [0.29, 0.717) is 13.1 Å². The lowest BCUT2D eigenvalue weighted by Crippen LogP contribution is -2.48. The van der Waals surface area contributed by atoms with E-state index in [1.807, 2.05) is 49.5 Å². The van der Waals surface area contributed by atoms with E-state index in [4.69, 9.17) is 0 Å². The van der Waals surface area contributed by atoms with Crippen molar-refractivity contribution in [3.8, 4) is 5.75 Å². The Morgan fingerprint density at radius 1 is 1.08 bits per heavy atom. The number of amides is 1. The second-order valence-electron chi connectivity index (χ2n) is 7.39. The van der Waals surface area contributed by atoms with Gasteiger partial charge in [0, 0.05) is 31.9 Å². The van der Waals surface area contributed by atoms with Crippen molar-refractivity contribution >= 4 is 11.6 Å². The first-order valence-corrected chi connectivity index (χ1v) is 9.41. The van der Waals surface area contributed by atoms with E-state index >= 15 is 0 Å². The van der Waals surface area contributed by atoms with Crippen LogP contribution in [0.25, 0.3) is 0 Å². The summed E-state index contributed by atoms with van der Waals surface area (Å²) < 4.78 is 0. The van der Waals surface area contributed by atoms with Gasteiger partial charge in [-0.25, -0.2) is 0 Å². The van der Waals surface area contributed by atoms with Crippen molar-refractivity contribution in [1.29, 1.82) is 0 Å². The van der Waals surface area contributed by atoms with Crippen LogP contribution in [0.1, 0.15) is 37.7 Å². The van der Waals surface area contributed by atoms with Crippen molar-refractivity contribution in [2.45, 2.75) is 38.6 Å². The minimum absolute atomic E-state index is 0.146. The number of rotatable bonds is 6. The molecule has 0 unspecified atom stereocenters. The molecule has 0 spiro atoms. The van der Waals surface area contributed by atoms with Gasteiger partial charge >= 0.3 is 0 Å². The number of nitrogens with zero attached hydrogens (tertiary/aromatic N) is 1. The highest BCUT2D eigenvalue weighted by molar-refractivity contribution is 5.83. The van der Waals surface area contributed by atoms with Gasteiger partial charge in [-0.2, -0.15) is 0 Å². The van der Waals surface area contributed by atoms with Crippen LogP contribution in [0, 0.1) is 5.41 Å². The molecule has 26 heavy (non-hydrogen) atoms. The Morgan fingerprint density at radius 3 is 2.50 bits per heavy atom. The Bertz CT molecular complexity index is 724. The van der Waals surface area contributed by atoms with Gasteiger partial charge in [0.2, 0.25) is 5.91 Å². The predicted molar refractivity (Wildman–Crippen MR) is 105 cm³/mol. The van der Waals surface area contributed by atoms with Gasteiger partial charge in [-0.3, -0.25) is 4.79 Å². The monoisotopic (exact) mass is 352 g/mol. The zero-order valence-electron chi connectivity index (χ0n) is 15.4. The molecule has 0 aromatic heterocycles. The van der Waals surface area contributed by atoms with Crippen molar-refractivity contribution in [2.24, 2.45) is 5.41 Å². The molecule has 138 valence electrons. The van der Waals surface area contributed by atoms with Crippen LogP contribution >= 0.6 is 0 Å². The third kappa shape index (κ3) is 4.37. The van der Waals surface area contributed by atoms with Gasteiger partial charge in [-0.15, -0.1) is 0 Å². The number of nitrogens with one attached hydrogen (secondary N) is 1. The van der Waals surface area contributed by atoms with Crippen LogP contribution in [-0.4, -0.2) is 24.6 Å². The lowest BCUT2D eigenvalue weighted by Gasteiger charge is -2.39. The molecule has 2 N–H and O–H groups in total. The van der Waals surface area contributed by atoms with Crippen LogP contribution in [0.3, 0.4) is 0 Å². The van der Waals surface area contributed by atoms with Crippen molar-refractivity contribution in [3.05, 3.63) is 60.2 Å². The highest BCUT2D eigenvalue weighted by Crippen LogP contribution is 2.38. The summed E-state index contributed by atoms with van der Waals surface area (Å²) in [6, 6.07) is 17.3. The van der Waals surface area contributed by atoms with Gasteiger partial charge < -0.3 is 15.3 Å². The standard InChI is InChI=1S/C22H28N2O2/c1-24(19-11-8-12-20(25)15-19)17-22(13-6-3-7-14-22)21(26)23-16-18-9-4-2-5-10-18/h2,4-5,8-12,15,25H,3,6-7,13-14,16-17H2,1H3,(H,23,26). The van der Waals surface area contributed by atoms with E-state index in [1.165, 1.54) is 6.42 Å². The van der Waals surface area contributed by atoms with E-state index in [0.717, 1.165) is 36.9 Å². The third-order valence-corrected chi connectivity index (χ3v) is 5.40. The summed E-state index contributed by atoms with van der Waals surface area (Å²) in [4.78, 5) is 15.2. The molecule has 0 aliphatic heterocycles. The number of hydrogen-bond donors (Lipinski definition) is 2. The van der Waals surface area contributed by atoms with Crippen molar-refractivity contribution < 1.29 is 9.90 Å². The molecule has 2 aromatic rings. The zero-order chi connectivity index (χ0) is 18.4. The third-order valence-electron chi connectivity index (χ3n) is 5.40. The number of phenols is 1. The maximum atomic E-state index is 13.1. The average molecular weight is 352 g/mol. The number of carbonyl (C=O) groups is 1. The SMILES string of the molecule is CN(CC1(C(=O)NCc2ccccc2)CCCCC1)c1cccc(O)c1. The molecule has 0 atom stereocenters. The average Bonchev–Trinajstić information content (AvgIpc) is 2.67. The van der Waals surface area contributed by atoms with Crippen LogP contribution < -0.4 is 10.2 Å². The smallest absolute Gasteiger partial charge is 0.228 e. The molecule has 1 aliphatic carbocycles. The summed E-state index contributed by atoms with van der Waals surface area (Å²) >= 11 is 0. The van der Waals surface area contributed by atoms with E-state index < -0.39 is 0 Å². The molecular weight excluding hydrogens is 324 g/mol. The highest BCUT2D eigenvalue weighted by atomic mass is 16.3. The minimum atomic E-state index is -0.368. The Labute approximate surface area is 155 Å². The first-order valence-electron chi connectivity index (χ1n) is 9.41. The Morgan fingerprint density at radius 2 is 1.81 bits per heavy atom. The highest BCUT2D eigenvalue weighted by Gasteiger charge is 2.40. The number of benzene rings is 2. The van der Waals surface area contributed by atoms with E-state index in [9.17, 15) is 9.90 Å². The van der Waals surface area contributed by atoms with Crippen LogP contribution in [0.2, 0.25) is 0 Å². The number of hydrogen-bond acceptors (Lipinski definition) is 3. The van der Waals surface area contributed by atoms with Crippen molar-refractivity contribution in [2.75, 3.05) is 18.5 Å². The molecule has 0 bridgehead atoms. The summed E-state index contributed by atoms with van der Waals surface area (Å²) in [6.07, 6.45) is 5.20. The van der Waals surface area contributed by atoms with E-state index in [2.05, 4.69) is 10.2 Å². The van der Waals surface area contributed by atoms with Crippen molar-refractivity contribution in [3.63, 3.8) is 0 Å². The van der Waals surface area contributed by atoms with Gasteiger partial charge in [-0.05, 0) is 30.5 Å². The Balaban J connectivity index is 1.72. The Hall–Kier alpha value is -2.49. The molecule has 4 heteroatoms. The number of aromatic hydroxyl groups is 1. The second-order valence-corrected chi connectivity index (χ2v) is 7.39.